The zero-order chi connectivity index (χ0) is 87.5. The lowest BCUT2D eigenvalue weighted by molar-refractivity contribution is -0.438. The van der Waals surface area contributed by atoms with Gasteiger partial charge in [0.2, 0.25) is 17.3 Å². The minimum atomic E-state index is -0.570. The number of rotatable bonds is 87. The first-order chi connectivity index (χ1) is 60.5. The molecule has 124 heavy (non-hydrogen) atoms. The lowest BCUT2D eigenvalue weighted by atomic mass is 9.80. The van der Waals surface area contributed by atoms with Crippen molar-refractivity contribution in [3.8, 4) is 0 Å². The van der Waals surface area contributed by atoms with Gasteiger partial charge >= 0.3 is 5.97 Å². The lowest BCUT2D eigenvalue weighted by Crippen LogP contribution is -3.00. The highest BCUT2D eigenvalue weighted by atomic mass is 35.5. The summed E-state index contributed by atoms with van der Waals surface area (Å²) in [6.07, 6.45) is 9.62. The number of hydrogen-bond acceptors (Lipinski definition) is 30. The van der Waals surface area contributed by atoms with E-state index in [1.165, 1.54) is 22.5 Å². The van der Waals surface area contributed by atoms with Gasteiger partial charge < -0.3 is 141 Å². The Kier molecular flexibility index (Phi) is 68.1. The molecule has 3 amide bonds. The van der Waals surface area contributed by atoms with Crippen molar-refractivity contribution in [1.29, 1.82) is 0 Å². The summed E-state index contributed by atoms with van der Waals surface area (Å²) in [4.78, 5) is 56.3. The smallest absolute Gasteiger partial charge is 0.333 e. The molecule has 1 saturated heterocycles. The Morgan fingerprint density at radius 1 is 0.403 bits per heavy atom. The molecule has 0 aromatic heterocycles. The molecule has 0 saturated carbocycles. The first-order valence-electron chi connectivity index (χ1n) is 44.1. The number of fused-ring (bicyclic) bond motifs is 2. The molecule has 3 aliphatic heterocycles. The molecule has 0 radical (unpaired) electrons. The maximum atomic E-state index is 12.7. The number of methoxy groups -OCH3 is 1. The van der Waals surface area contributed by atoms with Gasteiger partial charge in [0.1, 0.15) is 6.54 Å². The van der Waals surface area contributed by atoms with E-state index in [9.17, 15) is 19.2 Å². The number of nitrogens with zero attached hydrogens (tertiary/aromatic N) is 3. The lowest BCUT2D eigenvalue weighted by Gasteiger charge is -2.31. The van der Waals surface area contributed by atoms with Gasteiger partial charge in [0.15, 0.2) is 0 Å². The van der Waals surface area contributed by atoms with Crippen molar-refractivity contribution in [3.63, 3.8) is 0 Å². The van der Waals surface area contributed by atoms with Crippen molar-refractivity contribution in [3.05, 3.63) is 89.0 Å². The largest absolute Gasteiger partial charge is 1.00 e. The van der Waals surface area contributed by atoms with Crippen LogP contribution < -0.4 is 22.6 Å². The summed E-state index contributed by atoms with van der Waals surface area (Å²) >= 11 is 0. The minimum absolute atomic E-state index is 0. The second-order valence-electron chi connectivity index (χ2n) is 29.4. The predicted molar refractivity (Wildman–Crippen MR) is 457 cm³/mol. The number of carbonyl (C=O) groups is 4. The molecule has 33 nitrogen and oxygen atoms in total. The summed E-state index contributed by atoms with van der Waals surface area (Å²) in [5.74, 6) is -1.50. The standard InChI is InChI=1S/C90H146N4O29.ClH/c1-89(2)79-19-13-15-21-81(79)92(83(89)23-9-6-10-24-84-90(3,4)80-20-14-16-22-82(80)93(84)31-18-8-12-26-88(98)123-94-86(96)27-28-87(94)97)30-17-7-11-25-85(95)91-29-32-100-35-36-102-39-40-104-43-44-106-47-48-108-51-52-110-55-56-112-59-60-114-63-64-116-67-68-118-71-72-120-75-76-122-78-77-121-74-73-119-70-69-117-66-65-115-62-61-113-58-57-111-54-53-109-50-49-107-46-45-105-42-41-103-38-37-101-34-33-99-5;/h13-16,19-24,84H,7-8,11-12,17-18,25-78H2,1-5H3;1H. The summed E-state index contributed by atoms with van der Waals surface area (Å²) in [5.41, 5.74) is 15.4. The third-order valence-electron chi connectivity index (χ3n) is 19.3. The maximum Gasteiger partial charge on any atom is 0.333 e. The van der Waals surface area contributed by atoms with Crippen LogP contribution in [0.5, 0.6) is 0 Å². The minimum Gasteiger partial charge on any atom is -1.00 e. The van der Waals surface area contributed by atoms with Gasteiger partial charge in [-0.1, -0.05) is 68.1 Å². The SMILES string of the molecule is COCCOCCOCCOCCOCCOCCOCCOCCOCCOCCOCCOCCOCCOCCOCCOCCOCCOCCOCCOCCOCCOCCOCCOCCNC(=O)CCCCC[N+]1=C(C=C=C=C=CC2N(CCCCCC(=O)ON3C(=O)CCC3=O)c3ccccc3C2(C)C)C(C)(C)c2ccccc21.[Cl-]. The topological polar surface area (TPSA) is 321 Å². The van der Waals surface area contributed by atoms with Gasteiger partial charge in [-0.15, -0.1) is 5.06 Å². The molecular formula is C90H147ClN4O29. The van der Waals surface area contributed by atoms with Gasteiger partial charge in [0.25, 0.3) is 11.8 Å². The molecule has 5 rings (SSSR count). The summed E-state index contributed by atoms with van der Waals surface area (Å²) in [7, 11) is 1.64. The number of carbonyl (C=O) groups excluding carboxylic acids is 4. The number of hydrogen-bond donors (Lipinski definition) is 1. The van der Waals surface area contributed by atoms with Crippen LogP contribution in [-0.4, -0.2) is 382 Å². The highest BCUT2D eigenvalue weighted by molar-refractivity contribution is 6.03. The number of ether oxygens (including phenoxy) is 24. The number of nitrogens with one attached hydrogen (secondary N) is 1. The number of halogens is 1. The number of allylic oxidation sites excluding steroid dienone is 1. The molecule has 708 valence electrons. The second-order valence-corrected chi connectivity index (χ2v) is 29.4. The molecule has 1 atom stereocenters. The second kappa shape index (κ2) is 76.3. The molecular weight excluding hydrogens is 1640 g/mol. The third-order valence-corrected chi connectivity index (χ3v) is 19.3. The van der Waals surface area contributed by atoms with E-state index in [-0.39, 0.29) is 54.4 Å². The van der Waals surface area contributed by atoms with E-state index < -0.39 is 17.8 Å². The molecule has 3 aliphatic rings. The summed E-state index contributed by atoms with van der Waals surface area (Å²) < 4.78 is 135. The number of imide groups is 1. The van der Waals surface area contributed by atoms with Crippen molar-refractivity contribution in [2.75, 3.05) is 342 Å². The monoisotopic (exact) mass is 1780 g/mol. The Balaban J connectivity index is 0.0000323. The van der Waals surface area contributed by atoms with Crippen LogP contribution >= 0.6 is 0 Å². The molecule has 34 heteroatoms. The average molecular weight is 1780 g/mol. The molecule has 2 aromatic rings. The fourth-order valence-electron chi connectivity index (χ4n) is 12.8. The van der Waals surface area contributed by atoms with Crippen LogP contribution in [0.15, 0.2) is 77.9 Å². The van der Waals surface area contributed by atoms with Gasteiger partial charge in [-0.3, -0.25) is 14.4 Å². The summed E-state index contributed by atoms with van der Waals surface area (Å²) in [5, 5.41) is 3.58. The number of unbranched alkanes of at least 4 members (excludes halogenated alkanes) is 4. The number of hydroxylamine groups is 2. The Morgan fingerprint density at radius 3 is 1.10 bits per heavy atom. The quantitative estimate of drug-likeness (QED) is 0.0421. The molecule has 3 heterocycles. The first-order valence-corrected chi connectivity index (χ1v) is 44.1. The van der Waals surface area contributed by atoms with Crippen molar-refractivity contribution in [1.82, 2.24) is 10.4 Å². The molecule has 0 bridgehead atoms. The zero-order valence-electron chi connectivity index (χ0n) is 74.8. The maximum absolute atomic E-state index is 12.7. The van der Waals surface area contributed by atoms with Crippen LogP contribution in [0.4, 0.5) is 11.4 Å². The van der Waals surface area contributed by atoms with Crippen molar-refractivity contribution in [2.45, 2.75) is 109 Å². The van der Waals surface area contributed by atoms with Crippen LogP contribution in [0.3, 0.4) is 0 Å². The van der Waals surface area contributed by atoms with Gasteiger partial charge in [-0.25, -0.2) is 4.79 Å². The molecule has 2 aromatic carbocycles. The molecule has 0 spiro atoms. The van der Waals surface area contributed by atoms with E-state index in [0.717, 1.165) is 50.9 Å². The van der Waals surface area contributed by atoms with Crippen molar-refractivity contribution >= 4 is 40.8 Å². The van der Waals surface area contributed by atoms with E-state index in [0.29, 0.717) is 335 Å². The molecule has 1 fully saturated rings. The Hall–Kier alpha value is -5.60. The van der Waals surface area contributed by atoms with Crippen LogP contribution in [0.1, 0.15) is 103 Å². The molecule has 1 N–H and O–H groups in total. The van der Waals surface area contributed by atoms with Gasteiger partial charge in [-0.05, 0) is 63.0 Å². The summed E-state index contributed by atoms with van der Waals surface area (Å²) in [6, 6.07) is 17.0. The predicted octanol–water partition coefficient (Wildman–Crippen LogP) is 4.13. The van der Waals surface area contributed by atoms with Gasteiger partial charge in [-0.2, -0.15) is 4.58 Å². The van der Waals surface area contributed by atoms with Crippen LogP contribution in [-0.2, 0) is 149 Å². The van der Waals surface area contributed by atoms with Crippen LogP contribution in [0.2, 0.25) is 0 Å². The summed E-state index contributed by atoms with van der Waals surface area (Å²) in [6.45, 7) is 33.6. The van der Waals surface area contributed by atoms with E-state index in [2.05, 4.69) is 114 Å². The highest BCUT2D eigenvalue weighted by Crippen LogP contribution is 2.46. The molecule has 1 unspecified atom stereocenters. The van der Waals surface area contributed by atoms with Crippen LogP contribution in [0.25, 0.3) is 0 Å². The fourth-order valence-corrected chi connectivity index (χ4v) is 12.8. The van der Waals surface area contributed by atoms with Crippen LogP contribution in [0, 0.1) is 0 Å². The third kappa shape index (κ3) is 52.8. The Morgan fingerprint density at radius 2 is 0.726 bits per heavy atom. The van der Waals surface area contributed by atoms with Crippen molar-refractivity contribution < 1.29 is 155 Å². The van der Waals surface area contributed by atoms with E-state index in [4.69, 9.17) is 119 Å². The van der Waals surface area contributed by atoms with E-state index >= 15 is 0 Å². The Labute approximate surface area is 742 Å². The first kappa shape index (κ1) is 111. The number of amides is 3. The normalized spacial score (nSPS) is 14.4. The van der Waals surface area contributed by atoms with E-state index in [1.807, 2.05) is 6.08 Å². The average Bonchev–Trinajstić information content (AvgIpc) is 1.60. The zero-order valence-corrected chi connectivity index (χ0v) is 75.6. The van der Waals surface area contributed by atoms with E-state index in [1.54, 1.807) is 7.11 Å². The van der Waals surface area contributed by atoms with Gasteiger partial charge in [0.05, 0.1) is 328 Å². The molecule has 0 aliphatic carbocycles. The fraction of sp³-hybridized carbons (Fsp3) is 0.756. The number of benzene rings is 2. The highest BCUT2D eigenvalue weighted by Gasteiger charge is 2.45. The number of para-hydroxylation sites is 2. The Bertz CT molecular complexity index is 3180. The van der Waals surface area contributed by atoms with Gasteiger partial charge in [0, 0.05) is 75.0 Å². The van der Waals surface area contributed by atoms with Crippen molar-refractivity contribution in [2.24, 2.45) is 0 Å². The number of anilines is 1.